The summed E-state index contributed by atoms with van der Waals surface area (Å²) in [5.41, 5.74) is 6.32. The molecule has 1 aliphatic carbocycles. The van der Waals surface area contributed by atoms with Crippen LogP contribution in [-0.4, -0.2) is 25.5 Å². The zero-order chi connectivity index (χ0) is 14.8. The maximum Gasteiger partial charge on any atom is 0.152 e. The molecular weight excluding hydrogens is 258 g/mol. The molecule has 1 aliphatic rings. The third-order valence-corrected chi connectivity index (χ3v) is 7.12. The lowest BCUT2D eigenvalue weighted by Crippen LogP contribution is -2.44. The van der Waals surface area contributed by atoms with Crippen molar-refractivity contribution >= 4 is 9.84 Å². The van der Waals surface area contributed by atoms with Crippen molar-refractivity contribution < 1.29 is 8.42 Å². The van der Waals surface area contributed by atoms with Crippen molar-refractivity contribution in [3.63, 3.8) is 0 Å². The van der Waals surface area contributed by atoms with Crippen LogP contribution in [0.5, 0.6) is 0 Å². The Morgan fingerprint density at radius 3 is 2.32 bits per heavy atom. The van der Waals surface area contributed by atoms with E-state index in [0.717, 1.165) is 19.3 Å². The maximum atomic E-state index is 12.0. The van der Waals surface area contributed by atoms with E-state index in [0.29, 0.717) is 11.8 Å². The SMILES string of the molecule is CC1CCC(C(C)(C)CCS(=O)(=O)C(C)C)C(N)C1. The van der Waals surface area contributed by atoms with Gasteiger partial charge in [-0.15, -0.1) is 0 Å². The van der Waals surface area contributed by atoms with E-state index in [1.807, 2.05) is 0 Å². The number of sulfone groups is 1. The van der Waals surface area contributed by atoms with E-state index in [-0.39, 0.29) is 22.5 Å². The van der Waals surface area contributed by atoms with Crippen LogP contribution in [0.2, 0.25) is 0 Å². The summed E-state index contributed by atoms with van der Waals surface area (Å²) < 4.78 is 23.9. The van der Waals surface area contributed by atoms with Gasteiger partial charge in [0.2, 0.25) is 0 Å². The average Bonchev–Trinajstić information content (AvgIpc) is 2.26. The Morgan fingerprint density at radius 2 is 1.84 bits per heavy atom. The summed E-state index contributed by atoms with van der Waals surface area (Å²) in [6.07, 6.45) is 4.15. The standard InChI is InChI=1S/C15H31NO2S/c1-11(2)19(17,18)9-8-15(4,5)13-7-6-12(3)10-14(13)16/h11-14H,6-10,16H2,1-5H3. The van der Waals surface area contributed by atoms with Gasteiger partial charge in [-0.05, 0) is 50.4 Å². The molecule has 1 rings (SSSR count). The summed E-state index contributed by atoms with van der Waals surface area (Å²) in [6.45, 7) is 10.1. The van der Waals surface area contributed by atoms with Gasteiger partial charge in [0.25, 0.3) is 0 Å². The minimum atomic E-state index is -2.94. The number of rotatable bonds is 5. The Morgan fingerprint density at radius 1 is 1.26 bits per heavy atom. The van der Waals surface area contributed by atoms with Crippen LogP contribution < -0.4 is 5.73 Å². The van der Waals surface area contributed by atoms with Gasteiger partial charge in [0, 0.05) is 6.04 Å². The second-order valence-electron chi connectivity index (χ2n) is 7.34. The molecule has 0 heterocycles. The van der Waals surface area contributed by atoms with E-state index in [4.69, 9.17) is 5.73 Å². The quantitative estimate of drug-likeness (QED) is 0.846. The van der Waals surface area contributed by atoms with Crippen molar-refractivity contribution in [3.8, 4) is 0 Å². The predicted octanol–water partition coefficient (Wildman–Crippen LogP) is 2.99. The molecular formula is C15H31NO2S. The van der Waals surface area contributed by atoms with E-state index in [2.05, 4.69) is 20.8 Å². The molecule has 0 aliphatic heterocycles. The maximum absolute atomic E-state index is 12.0. The zero-order valence-electron chi connectivity index (χ0n) is 13.1. The van der Waals surface area contributed by atoms with Gasteiger partial charge >= 0.3 is 0 Å². The summed E-state index contributed by atoms with van der Waals surface area (Å²) in [5.74, 6) is 1.45. The van der Waals surface area contributed by atoms with E-state index in [1.165, 1.54) is 6.42 Å². The summed E-state index contributed by atoms with van der Waals surface area (Å²) >= 11 is 0. The smallest absolute Gasteiger partial charge is 0.152 e. The highest BCUT2D eigenvalue weighted by atomic mass is 32.2. The molecule has 0 bridgehead atoms. The van der Waals surface area contributed by atoms with Crippen LogP contribution in [0.25, 0.3) is 0 Å². The highest BCUT2D eigenvalue weighted by Gasteiger charge is 2.37. The monoisotopic (exact) mass is 289 g/mol. The second kappa shape index (κ2) is 6.13. The molecule has 3 unspecified atom stereocenters. The molecule has 0 saturated heterocycles. The molecule has 1 saturated carbocycles. The first-order valence-corrected chi connectivity index (χ1v) is 9.25. The molecule has 19 heavy (non-hydrogen) atoms. The third kappa shape index (κ3) is 4.45. The van der Waals surface area contributed by atoms with Crippen LogP contribution in [0.1, 0.15) is 60.3 Å². The summed E-state index contributed by atoms with van der Waals surface area (Å²) in [6, 6.07) is 0.223. The molecule has 114 valence electrons. The van der Waals surface area contributed by atoms with E-state index >= 15 is 0 Å². The third-order valence-electron chi connectivity index (χ3n) is 4.91. The van der Waals surface area contributed by atoms with Gasteiger partial charge in [-0.2, -0.15) is 0 Å². The lowest BCUT2D eigenvalue weighted by atomic mass is 9.65. The summed E-state index contributed by atoms with van der Waals surface area (Å²) in [4.78, 5) is 0. The van der Waals surface area contributed by atoms with Crippen molar-refractivity contribution in [2.75, 3.05) is 5.75 Å². The molecule has 1 fully saturated rings. The molecule has 0 aromatic heterocycles. The highest BCUT2D eigenvalue weighted by Crippen LogP contribution is 2.41. The van der Waals surface area contributed by atoms with Crippen LogP contribution in [0.4, 0.5) is 0 Å². The Balaban J connectivity index is 2.66. The van der Waals surface area contributed by atoms with Gasteiger partial charge in [0.15, 0.2) is 9.84 Å². The number of hydrogen-bond donors (Lipinski definition) is 1. The van der Waals surface area contributed by atoms with Gasteiger partial charge in [-0.3, -0.25) is 0 Å². The van der Waals surface area contributed by atoms with E-state index < -0.39 is 9.84 Å². The van der Waals surface area contributed by atoms with Crippen molar-refractivity contribution in [3.05, 3.63) is 0 Å². The molecule has 0 amide bonds. The van der Waals surface area contributed by atoms with Gasteiger partial charge in [0.1, 0.15) is 0 Å². The number of hydrogen-bond acceptors (Lipinski definition) is 3. The van der Waals surface area contributed by atoms with Crippen LogP contribution in [0.15, 0.2) is 0 Å². The largest absolute Gasteiger partial charge is 0.327 e. The second-order valence-corrected chi connectivity index (χ2v) is 10.0. The summed E-state index contributed by atoms with van der Waals surface area (Å²) in [5, 5.41) is -0.275. The molecule has 4 heteroatoms. The van der Waals surface area contributed by atoms with Gasteiger partial charge in [-0.1, -0.05) is 27.2 Å². The van der Waals surface area contributed by atoms with Crippen LogP contribution in [0.3, 0.4) is 0 Å². The Bertz CT molecular complexity index is 387. The lowest BCUT2D eigenvalue weighted by Gasteiger charge is -2.43. The van der Waals surface area contributed by atoms with Gasteiger partial charge < -0.3 is 5.73 Å². The van der Waals surface area contributed by atoms with Crippen LogP contribution in [0, 0.1) is 17.3 Å². The fraction of sp³-hybridized carbons (Fsp3) is 1.00. The van der Waals surface area contributed by atoms with Crippen LogP contribution >= 0.6 is 0 Å². The topological polar surface area (TPSA) is 60.2 Å². The van der Waals surface area contributed by atoms with E-state index in [9.17, 15) is 8.42 Å². The number of nitrogens with two attached hydrogens (primary N) is 1. The Labute approximate surface area is 119 Å². The van der Waals surface area contributed by atoms with Gasteiger partial charge in [0.05, 0.1) is 11.0 Å². The molecule has 0 aromatic rings. The fourth-order valence-corrected chi connectivity index (χ4v) is 4.50. The average molecular weight is 289 g/mol. The molecule has 2 N–H and O–H groups in total. The molecule has 0 spiro atoms. The van der Waals surface area contributed by atoms with Crippen molar-refractivity contribution in [1.82, 2.24) is 0 Å². The minimum absolute atomic E-state index is 0.0154. The normalized spacial score (nSPS) is 29.7. The highest BCUT2D eigenvalue weighted by molar-refractivity contribution is 7.91. The van der Waals surface area contributed by atoms with Crippen molar-refractivity contribution in [2.24, 2.45) is 23.0 Å². The molecule has 3 atom stereocenters. The zero-order valence-corrected chi connectivity index (χ0v) is 14.0. The Hall–Kier alpha value is -0.0900. The lowest BCUT2D eigenvalue weighted by molar-refractivity contribution is 0.110. The van der Waals surface area contributed by atoms with Gasteiger partial charge in [-0.25, -0.2) is 8.42 Å². The summed E-state index contributed by atoms with van der Waals surface area (Å²) in [7, 11) is -2.94. The Kier molecular flexibility index (Phi) is 5.47. The van der Waals surface area contributed by atoms with Crippen molar-refractivity contribution in [2.45, 2.75) is 71.6 Å². The van der Waals surface area contributed by atoms with Crippen molar-refractivity contribution in [1.29, 1.82) is 0 Å². The predicted molar refractivity (Wildman–Crippen MR) is 81.8 cm³/mol. The van der Waals surface area contributed by atoms with Crippen LogP contribution in [-0.2, 0) is 9.84 Å². The minimum Gasteiger partial charge on any atom is -0.327 e. The fourth-order valence-electron chi connectivity index (χ4n) is 3.22. The molecule has 0 aromatic carbocycles. The molecule has 3 nitrogen and oxygen atoms in total. The molecule has 0 radical (unpaired) electrons. The first kappa shape index (κ1) is 17.0. The first-order chi connectivity index (χ1) is 8.56. The van der Waals surface area contributed by atoms with E-state index in [1.54, 1.807) is 13.8 Å². The first-order valence-electron chi connectivity index (χ1n) is 7.53.